The summed E-state index contributed by atoms with van der Waals surface area (Å²) in [5.74, 6) is -0.834. The molecule has 1 atom stereocenters. The highest BCUT2D eigenvalue weighted by atomic mass is 35.5. The molecule has 0 spiro atoms. The Balaban J connectivity index is 2.64. The van der Waals surface area contributed by atoms with E-state index < -0.39 is 20.6 Å². The van der Waals surface area contributed by atoms with Gasteiger partial charge in [-0.3, -0.25) is 4.55 Å². The highest BCUT2D eigenvalue weighted by molar-refractivity contribution is 7.87. The van der Waals surface area contributed by atoms with Gasteiger partial charge in [-0.1, -0.05) is 76.7 Å². The standard InChI is InChI=1S/C19H12Cl4O5S/c20-14-7-2-1-6-12(14)19(29(26,27)28,10-4-3-5-11(24)8-10)13-9-15(25)17(22)18(23)16(13)21/h1-9,24-25H,(H,26,27,28). The fourth-order valence-corrected chi connectivity index (χ4v) is 5.60. The largest absolute Gasteiger partial charge is 0.508 e. The predicted octanol–water partition coefficient (Wildman–Crippen LogP) is 5.89. The highest BCUT2D eigenvalue weighted by Crippen LogP contribution is 2.52. The van der Waals surface area contributed by atoms with Crippen molar-refractivity contribution in [1.82, 2.24) is 0 Å². The summed E-state index contributed by atoms with van der Waals surface area (Å²) in [6.45, 7) is 0. The minimum absolute atomic E-state index is 0.0184. The van der Waals surface area contributed by atoms with Crippen LogP contribution in [0, 0.1) is 0 Å². The molecule has 0 fully saturated rings. The lowest BCUT2D eigenvalue weighted by atomic mass is 9.83. The van der Waals surface area contributed by atoms with E-state index in [0.717, 1.165) is 12.1 Å². The maximum absolute atomic E-state index is 13.0. The molecule has 3 aromatic rings. The lowest BCUT2D eigenvalue weighted by Crippen LogP contribution is -2.39. The van der Waals surface area contributed by atoms with Crippen molar-refractivity contribution in [3.63, 3.8) is 0 Å². The summed E-state index contributed by atoms with van der Waals surface area (Å²) in [4.78, 5) is 0. The molecule has 0 aliphatic heterocycles. The third kappa shape index (κ3) is 3.54. The van der Waals surface area contributed by atoms with Gasteiger partial charge < -0.3 is 10.2 Å². The quantitative estimate of drug-likeness (QED) is 0.239. The zero-order chi connectivity index (χ0) is 21.6. The van der Waals surface area contributed by atoms with Crippen LogP contribution in [0.1, 0.15) is 16.7 Å². The second-order valence-electron chi connectivity index (χ2n) is 6.07. The van der Waals surface area contributed by atoms with Gasteiger partial charge in [-0.25, -0.2) is 0 Å². The van der Waals surface area contributed by atoms with Crippen molar-refractivity contribution in [3.05, 3.63) is 91.4 Å². The van der Waals surface area contributed by atoms with Gasteiger partial charge in [0, 0.05) is 16.1 Å². The molecular weight excluding hydrogens is 482 g/mol. The van der Waals surface area contributed by atoms with Gasteiger partial charge in [0.15, 0.2) is 4.75 Å². The van der Waals surface area contributed by atoms with E-state index in [0.29, 0.717) is 0 Å². The van der Waals surface area contributed by atoms with Crippen LogP contribution in [-0.2, 0) is 14.9 Å². The average Bonchev–Trinajstić information content (AvgIpc) is 2.65. The highest BCUT2D eigenvalue weighted by Gasteiger charge is 2.51. The monoisotopic (exact) mass is 492 g/mol. The number of benzene rings is 3. The number of phenols is 2. The second-order valence-corrected chi connectivity index (χ2v) is 9.18. The first-order valence-corrected chi connectivity index (χ1v) is 10.9. The summed E-state index contributed by atoms with van der Waals surface area (Å²) < 4.78 is 34.0. The van der Waals surface area contributed by atoms with E-state index in [1.807, 2.05) is 0 Å². The molecule has 0 aliphatic carbocycles. The van der Waals surface area contributed by atoms with Crippen molar-refractivity contribution in [2.45, 2.75) is 4.75 Å². The van der Waals surface area contributed by atoms with Crippen LogP contribution in [0.25, 0.3) is 0 Å². The molecule has 3 N–H and O–H groups in total. The molecule has 0 amide bonds. The summed E-state index contributed by atoms with van der Waals surface area (Å²) in [7, 11) is -5.09. The minimum atomic E-state index is -5.09. The van der Waals surface area contributed by atoms with Crippen LogP contribution in [0.15, 0.2) is 54.6 Å². The normalized spacial score (nSPS) is 13.8. The second kappa shape index (κ2) is 7.87. The summed E-state index contributed by atoms with van der Waals surface area (Å²) in [5, 5.41) is 19.3. The first-order valence-electron chi connectivity index (χ1n) is 7.90. The molecule has 29 heavy (non-hydrogen) atoms. The van der Waals surface area contributed by atoms with Gasteiger partial charge in [-0.2, -0.15) is 8.42 Å². The summed E-state index contributed by atoms with van der Waals surface area (Å²) in [6, 6.07) is 12.0. The Morgan fingerprint density at radius 2 is 1.41 bits per heavy atom. The molecule has 5 nitrogen and oxygen atoms in total. The van der Waals surface area contributed by atoms with Crippen molar-refractivity contribution in [3.8, 4) is 11.5 Å². The molecule has 3 rings (SSSR count). The summed E-state index contributed by atoms with van der Waals surface area (Å²) in [5.41, 5.74) is -0.463. The minimum Gasteiger partial charge on any atom is -0.508 e. The van der Waals surface area contributed by atoms with Crippen molar-refractivity contribution in [1.29, 1.82) is 0 Å². The van der Waals surface area contributed by atoms with E-state index in [9.17, 15) is 23.2 Å². The van der Waals surface area contributed by atoms with E-state index in [4.69, 9.17) is 46.4 Å². The molecule has 0 saturated carbocycles. The first-order chi connectivity index (χ1) is 13.5. The van der Waals surface area contributed by atoms with Crippen LogP contribution >= 0.6 is 46.4 Å². The van der Waals surface area contributed by atoms with Crippen LogP contribution in [0.4, 0.5) is 0 Å². The van der Waals surface area contributed by atoms with Crippen molar-refractivity contribution in [2.24, 2.45) is 0 Å². The Labute approximate surface area is 186 Å². The van der Waals surface area contributed by atoms with Gasteiger partial charge >= 0.3 is 0 Å². The molecule has 0 aliphatic rings. The molecule has 3 aromatic carbocycles. The van der Waals surface area contributed by atoms with Gasteiger partial charge in [0.2, 0.25) is 0 Å². The third-order valence-electron chi connectivity index (χ3n) is 4.40. The molecule has 10 heteroatoms. The van der Waals surface area contributed by atoms with Crippen LogP contribution in [0.5, 0.6) is 11.5 Å². The first kappa shape index (κ1) is 22.0. The van der Waals surface area contributed by atoms with Gasteiger partial charge in [0.25, 0.3) is 10.1 Å². The SMILES string of the molecule is O=S(=O)(O)C(c1cccc(O)c1)(c1ccccc1Cl)c1cc(O)c(Cl)c(Cl)c1Cl. The zero-order valence-corrected chi connectivity index (χ0v) is 18.1. The predicted molar refractivity (Wildman–Crippen MR) is 114 cm³/mol. The van der Waals surface area contributed by atoms with Crippen molar-refractivity contribution < 1.29 is 23.2 Å². The number of rotatable bonds is 4. The fraction of sp³-hybridized carbons (Fsp3) is 0.0526. The number of phenolic OH excluding ortho intramolecular Hbond substituents is 2. The molecule has 0 radical (unpaired) electrons. The average molecular weight is 494 g/mol. The third-order valence-corrected chi connectivity index (χ3v) is 7.53. The molecule has 0 bridgehead atoms. The Morgan fingerprint density at radius 3 is 2.00 bits per heavy atom. The van der Waals surface area contributed by atoms with Crippen molar-refractivity contribution in [2.75, 3.05) is 0 Å². The lowest BCUT2D eigenvalue weighted by molar-refractivity contribution is 0.455. The van der Waals surface area contributed by atoms with Crippen molar-refractivity contribution >= 4 is 56.5 Å². The molecule has 0 saturated heterocycles. The Morgan fingerprint density at radius 1 is 0.759 bits per heavy atom. The maximum Gasteiger partial charge on any atom is 0.283 e. The molecule has 152 valence electrons. The van der Waals surface area contributed by atoms with E-state index in [2.05, 4.69) is 0 Å². The number of aromatic hydroxyl groups is 2. The Kier molecular flexibility index (Phi) is 5.98. The van der Waals surface area contributed by atoms with Crippen LogP contribution < -0.4 is 0 Å². The van der Waals surface area contributed by atoms with E-state index in [1.54, 1.807) is 6.07 Å². The van der Waals surface area contributed by atoms with Gasteiger partial charge in [-0.05, 0) is 29.8 Å². The van der Waals surface area contributed by atoms with Crippen LogP contribution in [0.2, 0.25) is 20.1 Å². The van der Waals surface area contributed by atoms with Crippen LogP contribution in [0.3, 0.4) is 0 Å². The molecule has 0 heterocycles. The number of hydrogen-bond donors (Lipinski definition) is 3. The molecule has 0 aromatic heterocycles. The zero-order valence-electron chi connectivity index (χ0n) is 14.3. The topological polar surface area (TPSA) is 94.8 Å². The van der Waals surface area contributed by atoms with Gasteiger partial charge in [0.1, 0.15) is 16.5 Å². The van der Waals surface area contributed by atoms with E-state index >= 15 is 0 Å². The summed E-state index contributed by atoms with van der Waals surface area (Å²) >= 11 is 24.7. The number of halogens is 4. The Bertz CT molecular complexity index is 1210. The van der Waals surface area contributed by atoms with E-state index in [1.165, 1.54) is 36.4 Å². The summed E-state index contributed by atoms with van der Waals surface area (Å²) in [6.07, 6.45) is 0. The van der Waals surface area contributed by atoms with Gasteiger partial charge in [-0.15, -0.1) is 0 Å². The van der Waals surface area contributed by atoms with E-state index in [-0.39, 0.29) is 42.5 Å². The Hall–Kier alpha value is -1.67. The molecule has 1 unspecified atom stereocenters. The fourth-order valence-electron chi connectivity index (χ4n) is 3.20. The lowest BCUT2D eigenvalue weighted by Gasteiger charge is -2.34. The smallest absolute Gasteiger partial charge is 0.283 e. The van der Waals surface area contributed by atoms with Gasteiger partial charge in [0.05, 0.1) is 10.0 Å². The maximum atomic E-state index is 13.0. The number of hydrogen-bond acceptors (Lipinski definition) is 4. The molecular formula is C19H12Cl4O5S. The van der Waals surface area contributed by atoms with Crippen LogP contribution in [-0.4, -0.2) is 23.2 Å².